The minimum Gasteiger partial charge on any atom is -0.294 e. The van der Waals surface area contributed by atoms with Gasteiger partial charge in [0.25, 0.3) is 0 Å². The SMILES string of the molecule is CCC1(c2ccccc2)C2=C(Cc3[nH]ncc31)CC(C)(C)CC2=O.CC[C@]1(c2ccccc2)C2=C(Cc3[nH]ncc31)CC(C)(C)CC2=O. The minimum atomic E-state index is -0.356. The Morgan fingerprint density at radius 2 is 0.958 bits per heavy atom. The quantitative estimate of drug-likeness (QED) is 0.233. The number of benzene rings is 2. The van der Waals surface area contributed by atoms with Crippen molar-refractivity contribution < 1.29 is 9.59 Å². The Morgan fingerprint density at radius 3 is 1.31 bits per heavy atom. The number of Topliss-reactive ketones (excluding diaryl/α,β-unsaturated/α-hetero) is 2. The predicted octanol–water partition coefficient (Wildman–Crippen LogP) is 8.70. The van der Waals surface area contributed by atoms with Gasteiger partial charge in [-0.1, -0.05) is 113 Å². The van der Waals surface area contributed by atoms with E-state index in [0.29, 0.717) is 24.4 Å². The van der Waals surface area contributed by atoms with E-state index in [2.05, 4.69) is 110 Å². The van der Waals surface area contributed by atoms with Gasteiger partial charge in [0.05, 0.1) is 23.2 Å². The summed E-state index contributed by atoms with van der Waals surface area (Å²) in [4.78, 5) is 26.5. The van der Waals surface area contributed by atoms with Crippen molar-refractivity contribution in [3.8, 4) is 0 Å². The summed E-state index contributed by atoms with van der Waals surface area (Å²) in [5.41, 5.74) is 11.2. The second kappa shape index (κ2) is 11.7. The average molecular weight is 641 g/mol. The number of hydrogen-bond acceptors (Lipinski definition) is 4. The van der Waals surface area contributed by atoms with Gasteiger partial charge in [0, 0.05) is 59.3 Å². The van der Waals surface area contributed by atoms with Crippen molar-refractivity contribution in [2.75, 3.05) is 0 Å². The van der Waals surface area contributed by atoms with Crippen LogP contribution in [0.25, 0.3) is 0 Å². The van der Waals surface area contributed by atoms with E-state index in [4.69, 9.17) is 0 Å². The Balaban J connectivity index is 0.000000152. The van der Waals surface area contributed by atoms with Gasteiger partial charge in [0.15, 0.2) is 11.6 Å². The number of carbonyl (C=O) groups excluding carboxylic acids is 2. The fourth-order valence-corrected chi connectivity index (χ4v) is 9.79. The Labute approximate surface area is 284 Å². The van der Waals surface area contributed by atoms with Gasteiger partial charge in [0.1, 0.15) is 0 Å². The highest BCUT2D eigenvalue weighted by Gasteiger charge is 2.51. The summed E-state index contributed by atoms with van der Waals surface area (Å²) >= 11 is 0. The molecule has 4 aliphatic rings. The lowest BCUT2D eigenvalue weighted by Gasteiger charge is -2.45. The fraction of sp³-hybridized carbons (Fsp3) is 0.429. The normalized spacial score (nSPS) is 25.4. The van der Waals surface area contributed by atoms with Crippen molar-refractivity contribution in [2.45, 2.75) is 104 Å². The molecule has 2 atom stereocenters. The van der Waals surface area contributed by atoms with Crippen LogP contribution in [0.3, 0.4) is 0 Å². The molecule has 0 radical (unpaired) electrons. The lowest BCUT2D eigenvalue weighted by atomic mass is 9.57. The van der Waals surface area contributed by atoms with E-state index in [-0.39, 0.29) is 21.7 Å². The number of nitrogens with zero attached hydrogens (tertiary/aromatic N) is 2. The van der Waals surface area contributed by atoms with Crippen LogP contribution >= 0.6 is 0 Å². The van der Waals surface area contributed by atoms with E-state index in [9.17, 15) is 9.59 Å². The molecule has 0 amide bonds. The predicted molar refractivity (Wildman–Crippen MR) is 190 cm³/mol. The summed E-state index contributed by atoms with van der Waals surface area (Å²) in [5.74, 6) is 0.637. The summed E-state index contributed by atoms with van der Waals surface area (Å²) in [6, 6.07) is 21.0. The lowest BCUT2D eigenvalue weighted by Crippen LogP contribution is -2.42. The number of hydrogen-bond donors (Lipinski definition) is 2. The summed E-state index contributed by atoms with van der Waals surface area (Å²) in [7, 11) is 0. The standard InChI is InChI=1S/2C21H24N2O/c2*1-4-21(15-8-6-5-7-9-15)16-13-22-23-17(16)10-14-11-20(2,3)12-18(24)19(14)21/h2*5-9,13H,4,10-12H2,1-3H3,(H,22,23)/t21-;/m1./s1. The first-order valence-electron chi connectivity index (χ1n) is 17.6. The van der Waals surface area contributed by atoms with Gasteiger partial charge in [0.2, 0.25) is 0 Å². The monoisotopic (exact) mass is 640 g/mol. The Hall–Kier alpha value is -4.32. The van der Waals surface area contributed by atoms with Crippen LogP contribution in [0.1, 0.15) is 114 Å². The minimum absolute atomic E-state index is 0.0452. The molecular weight excluding hydrogens is 592 g/mol. The molecule has 6 heteroatoms. The second-order valence-corrected chi connectivity index (χ2v) is 16.0. The molecule has 4 aromatic rings. The van der Waals surface area contributed by atoms with Gasteiger partial charge in [-0.25, -0.2) is 0 Å². The van der Waals surface area contributed by atoms with Gasteiger partial charge < -0.3 is 0 Å². The van der Waals surface area contributed by atoms with Crippen molar-refractivity contribution in [2.24, 2.45) is 10.8 Å². The van der Waals surface area contributed by atoms with E-state index < -0.39 is 0 Å². The molecule has 0 aliphatic heterocycles. The van der Waals surface area contributed by atoms with Gasteiger partial charge in [-0.05, 0) is 47.6 Å². The highest BCUT2D eigenvalue weighted by atomic mass is 16.1. The van der Waals surface area contributed by atoms with E-state index in [1.54, 1.807) is 0 Å². The van der Waals surface area contributed by atoms with Crippen LogP contribution in [0.2, 0.25) is 0 Å². The first-order valence-corrected chi connectivity index (χ1v) is 17.6. The first kappa shape index (κ1) is 32.2. The van der Waals surface area contributed by atoms with Crippen molar-refractivity contribution in [1.82, 2.24) is 20.4 Å². The number of carbonyl (C=O) groups is 2. The highest BCUT2D eigenvalue weighted by molar-refractivity contribution is 6.02. The van der Waals surface area contributed by atoms with Crippen molar-refractivity contribution in [1.29, 1.82) is 0 Å². The summed E-state index contributed by atoms with van der Waals surface area (Å²) in [6.45, 7) is 13.2. The van der Waals surface area contributed by atoms with E-state index >= 15 is 0 Å². The first-order chi connectivity index (χ1) is 23.0. The Kier molecular flexibility index (Phi) is 7.84. The van der Waals surface area contributed by atoms with Crippen LogP contribution in [0, 0.1) is 10.8 Å². The molecule has 4 aliphatic carbocycles. The molecule has 1 unspecified atom stereocenters. The largest absolute Gasteiger partial charge is 0.294 e. The number of aromatic nitrogens is 4. The molecule has 0 bridgehead atoms. The molecule has 2 N–H and O–H groups in total. The maximum absolute atomic E-state index is 13.2. The Bertz CT molecular complexity index is 1800. The number of rotatable bonds is 4. The number of nitrogens with one attached hydrogen (secondary N) is 2. The second-order valence-electron chi connectivity index (χ2n) is 16.0. The molecule has 0 saturated carbocycles. The zero-order valence-corrected chi connectivity index (χ0v) is 29.3. The molecule has 48 heavy (non-hydrogen) atoms. The molecule has 0 fully saturated rings. The molecular formula is C42H48N4O2. The number of H-pyrrole nitrogens is 2. The number of allylic oxidation sites excluding steroid dienone is 4. The maximum atomic E-state index is 13.2. The van der Waals surface area contributed by atoms with Crippen LogP contribution in [-0.4, -0.2) is 32.0 Å². The summed E-state index contributed by atoms with van der Waals surface area (Å²) in [6.07, 6.45) is 10.5. The van der Waals surface area contributed by atoms with Crippen LogP contribution < -0.4 is 0 Å². The average Bonchev–Trinajstić information content (AvgIpc) is 3.73. The number of aromatic amines is 2. The highest BCUT2D eigenvalue weighted by Crippen LogP contribution is 2.55. The molecule has 0 spiro atoms. The third-order valence-electron chi connectivity index (χ3n) is 11.5. The van der Waals surface area contributed by atoms with Crippen LogP contribution in [0.15, 0.2) is 95.3 Å². The molecule has 0 saturated heterocycles. The van der Waals surface area contributed by atoms with E-state index in [0.717, 1.165) is 49.7 Å². The third-order valence-corrected chi connectivity index (χ3v) is 11.5. The molecule has 248 valence electrons. The maximum Gasteiger partial charge on any atom is 0.160 e. The van der Waals surface area contributed by atoms with E-state index in [1.165, 1.54) is 44.8 Å². The Morgan fingerprint density at radius 1 is 0.583 bits per heavy atom. The van der Waals surface area contributed by atoms with Crippen molar-refractivity contribution in [3.63, 3.8) is 0 Å². The zero-order valence-electron chi connectivity index (χ0n) is 29.3. The molecule has 2 aromatic heterocycles. The number of ketones is 2. The van der Waals surface area contributed by atoms with Crippen LogP contribution in [-0.2, 0) is 33.3 Å². The van der Waals surface area contributed by atoms with Gasteiger partial charge in [-0.15, -0.1) is 0 Å². The molecule has 2 heterocycles. The van der Waals surface area contributed by atoms with Gasteiger partial charge >= 0.3 is 0 Å². The van der Waals surface area contributed by atoms with Crippen molar-refractivity contribution >= 4 is 11.6 Å². The molecule has 6 nitrogen and oxygen atoms in total. The topological polar surface area (TPSA) is 91.5 Å². The zero-order chi connectivity index (χ0) is 33.9. The summed E-state index contributed by atoms with van der Waals surface area (Å²) < 4.78 is 0. The van der Waals surface area contributed by atoms with Crippen molar-refractivity contribution in [3.05, 3.63) is 129 Å². The van der Waals surface area contributed by atoms with E-state index in [1.807, 2.05) is 24.5 Å². The fourth-order valence-electron chi connectivity index (χ4n) is 9.79. The van der Waals surface area contributed by atoms with Gasteiger partial charge in [-0.2, -0.15) is 10.2 Å². The third kappa shape index (κ3) is 4.98. The van der Waals surface area contributed by atoms with Crippen LogP contribution in [0.4, 0.5) is 0 Å². The number of fused-ring (bicyclic) bond motifs is 2. The van der Waals surface area contributed by atoms with Gasteiger partial charge in [-0.3, -0.25) is 19.8 Å². The molecule has 8 rings (SSSR count). The lowest BCUT2D eigenvalue weighted by molar-refractivity contribution is -0.119. The smallest absolute Gasteiger partial charge is 0.160 e. The van der Waals surface area contributed by atoms with Crippen LogP contribution in [0.5, 0.6) is 0 Å². The molecule has 2 aromatic carbocycles. The summed E-state index contributed by atoms with van der Waals surface area (Å²) in [5, 5.41) is 15.1.